The van der Waals surface area contributed by atoms with E-state index >= 15 is 0 Å². The molecule has 0 aliphatic heterocycles. The van der Waals surface area contributed by atoms with Crippen molar-refractivity contribution in [3.8, 4) is 0 Å². The molecule has 0 aromatic heterocycles. The van der Waals surface area contributed by atoms with Gasteiger partial charge in [0.15, 0.2) is 0 Å². The summed E-state index contributed by atoms with van der Waals surface area (Å²) in [5, 5.41) is 0. The molecule has 0 saturated heterocycles. The first-order chi connectivity index (χ1) is 14.2. The first kappa shape index (κ1) is 22.2. The number of unbranched alkanes of at least 4 members (excludes halogenated alkanes) is 3. The average molecular weight is 401 g/mol. The second-order valence-electron chi connectivity index (χ2n) is 12.4. The number of fused-ring (bicyclic) bond motifs is 3. The molecule has 168 valence electrons. The fourth-order valence-electron chi connectivity index (χ4n) is 8.77. The highest BCUT2D eigenvalue weighted by molar-refractivity contribution is 5.03. The fourth-order valence-corrected chi connectivity index (χ4v) is 8.77. The maximum absolute atomic E-state index is 2.37. The second-order valence-corrected chi connectivity index (χ2v) is 12.4. The molecule has 0 heterocycles. The molecule has 0 unspecified atom stereocenters. The first-order valence-electron chi connectivity index (χ1n) is 14.2. The molecule has 0 radical (unpaired) electrons. The van der Waals surface area contributed by atoms with Gasteiger partial charge in [-0.1, -0.05) is 65.2 Å². The SMILES string of the molecule is CCCCCCC12CCC(C3CCC(C4CCC(CCC)CC4)CC3)(CC1)CC2. The molecule has 0 aromatic carbocycles. The Balaban J connectivity index is 1.21. The Morgan fingerprint density at radius 1 is 0.586 bits per heavy atom. The van der Waals surface area contributed by atoms with E-state index in [-0.39, 0.29) is 0 Å². The summed E-state index contributed by atoms with van der Waals surface area (Å²) in [5.74, 6) is 4.40. The predicted octanol–water partition coefficient (Wildman–Crippen LogP) is 9.71. The highest BCUT2D eigenvalue weighted by atomic mass is 14.6. The molecule has 5 saturated carbocycles. The maximum atomic E-state index is 2.37. The summed E-state index contributed by atoms with van der Waals surface area (Å²) >= 11 is 0. The number of hydrogen-bond acceptors (Lipinski definition) is 0. The molecule has 0 aromatic rings. The summed E-state index contributed by atoms with van der Waals surface area (Å²) in [7, 11) is 0. The van der Waals surface area contributed by atoms with Crippen LogP contribution in [-0.2, 0) is 0 Å². The Labute approximate surface area is 183 Å². The first-order valence-corrected chi connectivity index (χ1v) is 14.2. The van der Waals surface area contributed by atoms with Crippen LogP contribution in [0.1, 0.15) is 149 Å². The van der Waals surface area contributed by atoms with Crippen molar-refractivity contribution in [3.63, 3.8) is 0 Å². The van der Waals surface area contributed by atoms with E-state index < -0.39 is 0 Å². The van der Waals surface area contributed by atoms with Crippen molar-refractivity contribution in [3.05, 3.63) is 0 Å². The number of hydrogen-bond donors (Lipinski definition) is 0. The lowest BCUT2D eigenvalue weighted by Gasteiger charge is -2.58. The van der Waals surface area contributed by atoms with Crippen LogP contribution in [0.5, 0.6) is 0 Å². The third-order valence-corrected chi connectivity index (χ3v) is 10.9. The van der Waals surface area contributed by atoms with Crippen molar-refractivity contribution in [1.29, 1.82) is 0 Å². The molecule has 5 rings (SSSR count). The standard InChI is InChI=1S/C29H52/c1-3-5-6-7-17-28-18-21-29(22-19-28,23-20-28)27-15-13-26(14-16-27)25-11-9-24(8-4-2)10-12-25/h24-27H,3-23H2,1-2H3. The van der Waals surface area contributed by atoms with E-state index in [1.54, 1.807) is 96.3 Å². The smallest absolute Gasteiger partial charge is 0.0269 e. The summed E-state index contributed by atoms with van der Waals surface area (Å²) in [6, 6.07) is 0. The molecule has 0 spiro atoms. The lowest BCUT2D eigenvalue weighted by atomic mass is 9.47. The van der Waals surface area contributed by atoms with E-state index in [0.717, 1.165) is 34.5 Å². The quantitative estimate of drug-likeness (QED) is 0.338. The summed E-state index contributed by atoms with van der Waals surface area (Å²) < 4.78 is 0. The molecule has 0 N–H and O–H groups in total. The van der Waals surface area contributed by atoms with Gasteiger partial charge in [0.05, 0.1) is 0 Å². The monoisotopic (exact) mass is 400 g/mol. The van der Waals surface area contributed by atoms with Crippen LogP contribution in [0.4, 0.5) is 0 Å². The van der Waals surface area contributed by atoms with Crippen molar-refractivity contribution in [2.75, 3.05) is 0 Å². The molecular formula is C29H52. The molecule has 0 heteroatoms. The molecule has 29 heavy (non-hydrogen) atoms. The van der Waals surface area contributed by atoms with Gasteiger partial charge in [-0.3, -0.25) is 0 Å². The van der Waals surface area contributed by atoms with E-state index in [9.17, 15) is 0 Å². The minimum absolute atomic E-state index is 0.795. The van der Waals surface area contributed by atoms with Gasteiger partial charge in [-0.2, -0.15) is 0 Å². The summed E-state index contributed by atoms with van der Waals surface area (Å²) in [6.07, 6.45) is 32.6. The van der Waals surface area contributed by atoms with E-state index in [4.69, 9.17) is 0 Å². The largest absolute Gasteiger partial charge is 0.0654 e. The molecule has 0 atom stereocenters. The second kappa shape index (κ2) is 10.1. The van der Waals surface area contributed by atoms with Crippen molar-refractivity contribution >= 4 is 0 Å². The van der Waals surface area contributed by atoms with E-state index in [1.165, 1.54) is 38.5 Å². The lowest BCUT2D eigenvalue weighted by molar-refractivity contribution is -0.0680. The third kappa shape index (κ3) is 5.09. The van der Waals surface area contributed by atoms with Crippen LogP contribution >= 0.6 is 0 Å². The molecule has 5 aliphatic rings. The molecule has 0 nitrogen and oxygen atoms in total. The van der Waals surface area contributed by atoms with Gasteiger partial charge >= 0.3 is 0 Å². The zero-order valence-corrected chi connectivity index (χ0v) is 20.2. The van der Waals surface area contributed by atoms with Gasteiger partial charge in [-0.05, 0) is 118 Å². The van der Waals surface area contributed by atoms with Crippen LogP contribution in [-0.4, -0.2) is 0 Å². The van der Waals surface area contributed by atoms with Gasteiger partial charge in [-0.25, -0.2) is 0 Å². The van der Waals surface area contributed by atoms with Gasteiger partial charge in [-0.15, -0.1) is 0 Å². The molecule has 0 amide bonds. The molecule has 2 bridgehead atoms. The minimum atomic E-state index is 0.795. The van der Waals surface area contributed by atoms with E-state index in [1.807, 2.05) is 0 Å². The van der Waals surface area contributed by atoms with Crippen molar-refractivity contribution < 1.29 is 0 Å². The summed E-state index contributed by atoms with van der Waals surface area (Å²) in [4.78, 5) is 0. The zero-order valence-electron chi connectivity index (χ0n) is 20.2. The third-order valence-electron chi connectivity index (χ3n) is 10.9. The Kier molecular flexibility index (Phi) is 7.72. The van der Waals surface area contributed by atoms with Gasteiger partial charge in [0.2, 0.25) is 0 Å². The summed E-state index contributed by atoms with van der Waals surface area (Å²) in [6.45, 7) is 4.72. The Morgan fingerprint density at radius 2 is 1.17 bits per heavy atom. The van der Waals surface area contributed by atoms with E-state index in [0.29, 0.717) is 0 Å². The van der Waals surface area contributed by atoms with Crippen LogP contribution in [0.3, 0.4) is 0 Å². The molecule has 5 aliphatic carbocycles. The highest BCUT2D eigenvalue weighted by Gasteiger charge is 2.51. The Morgan fingerprint density at radius 3 is 1.72 bits per heavy atom. The highest BCUT2D eigenvalue weighted by Crippen LogP contribution is 2.63. The fraction of sp³-hybridized carbons (Fsp3) is 1.00. The average Bonchev–Trinajstić information content (AvgIpc) is 2.79. The van der Waals surface area contributed by atoms with Crippen LogP contribution in [0.15, 0.2) is 0 Å². The van der Waals surface area contributed by atoms with Crippen molar-refractivity contribution in [2.24, 2.45) is 34.5 Å². The van der Waals surface area contributed by atoms with Crippen LogP contribution < -0.4 is 0 Å². The van der Waals surface area contributed by atoms with Gasteiger partial charge in [0.25, 0.3) is 0 Å². The van der Waals surface area contributed by atoms with Crippen LogP contribution in [0.2, 0.25) is 0 Å². The predicted molar refractivity (Wildman–Crippen MR) is 127 cm³/mol. The topological polar surface area (TPSA) is 0 Å². The Hall–Kier alpha value is 0. The maximum Gasteiger partial charge on any atom is -0.0269 e. The van der Waals surface area contributed by atoms with Gasteiger partial charge in [0, 0.05) is 0 Å². The van der Waals surface area contributed by atoms with Crippen LogP contribution in [0, 0.1) is 34.5 Å². The minimum Gasteiger partial charge on any atom is -0.0654 e. The van der Waals surface area contributed by atoms with Crippen molar-refractivity contribution in [2.45, 2.75) is 149 Å². The van der Waals surface area contributed by atoms with E-state index in [2.05, 4.69) is 13.8 Å². The zero-order chi connectivity index (χ0) is 20.2. The normalized spacial score (nSPS) is 42.8. The summed E-state index contributed by atoms with van der Waals surface area (Å²) in [5.41, 5.74) is 1.60. The van der Waals surface area contributed by atoms with Gasteiger partial charge in [0.1, 0.15) is 0 Å². The lowest BCUT2D eigenvalue weighted by Crippen LogP contribution is -2.46. The number of rotatable bonds is 9. The molecular weight excluding hydrogens is 348 g/mol. The Bertz CT molecular complexity index is 450. The van der Waals surface area contributed by atoms with Gasteiger partial charge < -0.3 is 0 Å². The van der Waals surface area contributed by atoms with Crippen molar-refractivity contribution in [1.82, 2.24) is 0 Å². The molecule has 5 fully saturated rings. The van der Waals surface area contributed by atoms with Crippen LogP contribution in [0.25, 0.3) is 0 Å².